The van der Waals surface area contributed by atoms with Gasteiger partial charge in [0.2, 0.25) is 5.78 Å². The van der Waals surface area contributed by atoms with E-state index >= 15 is 0 Å². The molecule has 0 aliphatic carbocycles. The van der Waals surface area contributed by atoms with E-state index in [1.807, 2.05) is 81.4 Å². The van der Waals surface area contributed by atoms with Crippen LogP contribution >= 0.6 is 0 Å². The molecule has 1 aromatic heterocycles. The van der Waals surface area contributed by atoms with Gasteiger partial charge in [0.15, 0.2) is 5.69 Å². The van der Waals surface area contributed by atoms with Crippen LogP contribution in [0.15, 0.2) is 60.7 Å². The number of alkyl carbamates (subject to hydrolysis) is 1. The predicted molar refractivity (Wildman–Crippen MR) is 161 cm³/mol. The number of aromatic nitrogens is 3. The van der Waals surface area contributed by atoms with Gasteiger partial charge in [-0.05, 0) is 38.0 Å². The van der Waals surface area contributed by atoms with Crippen molar-refractivity contribution in [2.75, 3.05) is 13.1 Å². The van der Waals surface area contributed by atoms with Crippen LogP contribution in [0.3, 0.4) is 0 Å². The average molecular weight is 589 g/mol. The van der Waals surface area contributed by atoms with E-state index in [2.05, 4.69) is 20.8 Å². The first kappa shape index (κ1) is 31.4. The summed E-state index contributed by atoms with van der Waals surface area (Å²) in [6, 6.07) is 17.2. The summed E-state index contributed by atoms with van der Waals surface area (Å²) in [5.41, 5.74) is 1.75. The van der Waals surface area contributed by atoms with Gasteiger partial charge < -0.3 is 20.3 Å². The maximum absolute atomic E-state index is 13.4. The maximum Gasteiger partial charge on any atom is 0.408 e. The number of aryl methyl sites for hydroxylation is 1. The molecule has 43 heavy (non-hydrogen) atoms. The second kappa shape index (κ2) is 13.6. The van der Waals surface area contributed by atoms with Crippen LogP contribution in [-0.4, -0.2) is 68.8 Å². The Morgan fingerprint density at radius 2 is 1.65 bits per heavy atom. The Morgan fingerprint density at radius 1 is 1.00 bits per heavy atom. The first-order chi connectivity index (χ1) is 20.5. The summed E-state index contributed by atoms with van der Waals surface area (Å²) in [4.78, 5) is 55.4. The van der Waals surface area contributed by atoms with Gasteiger partial charge in [0.1, 0.15) is 12.1 Å². The normalized spacial score (nSPS) is 17.1. The molecule has 1 saturated heterocycles. The van der Waals surface area contributed by atoms with Crippen LogP contribution in [0.2, 0.25) is 0 Å². The number of Topliss-reactive ketones (excluding diaryl/α,β-unsaturated/α-hetero) is 1. The number of carbonyl (C=O) groups excluding carboxylic acids is 4. The van der Waals surface area contributed by atoms with E-state index in [0.29, 0.717) is 25.1 Å². The molecule has 3 amide bonds. The fraction of sp³-hybridized carbons (Fsp3) is 0.438. The number of benzene rings is 2. The van der Waals surface area contributed by atoms with Gasteiger partial charge in [-0.15, -0.1) is 5.10 Å². The summed E-state index contributed by atoms with van der Waals surface area (Å²) >= 11 is 0. The molecule has 0 radical (unpaired) electrons. The number of hydrogen-bond acceptors (Lipinski definition) is 7. The topological polar surface area (TPSA) is 136 Å². The molecule has 2 aromatic carbocycles. The molecule has 11 nitrogen and oxygen atoms in total. The van der Waals surface area contributed by atoms with Gasteiger partial charge in [0.25, 0.3) is 11.8 Å². The molecule has 1 aliphatic heterocycles. The minimum atomic E-state index is -1.03. The lowest BCUT2D eigenvalue weighted by atomic mass is 9.90. The summed E-state index contributed by atoms with van der Waals surface area (Å²) in [6.07, 6.45) is 0.265. The zero-order chi connectivity index (χ0) is 31.1. The molecule has 2 heterocycles. The highest BCUT2D eigenvalue weighted by Crippen LogP contribution is 2.33. The minimum Gasteiger partial charge on any atom is -0.444 e. The molecule has 1 aliphatic rings. The summed E-state index contributed by atoms with van der Waals surface area (Å²) in [5, 5.41) is 14.2. The van der Waals surface area contributed by atoms with E-state index in [1.54, 1.807) is 18.7 Å². The quantitative estimate of drug-likeness (QED) is 0.321. The number of unbranched alkanes of at least 4 members (excludes halogenated alkanes) is 1. The average Bonchev–Trinajstić information content (AvgIpc) is 3.53. The number of ether oxygens (including phenoxy) is 1. The van der Waals surface area contributed by atoms with Gasteiger partial charge in [0, 0.05) is 12.0 Å². The third-order valence-corrected chi connectivity index (χ3v) is 7.69. The van der Waals surface area contributed by atoms with Gasteiger partial charge in [0.05, 0.1) is 24.0 Å². The summed E-state index contributed by atoms with van der Waals surface area (Å²) in [5.74, 6) is -1.80. The molecule has 4 rings (SSSR count). The number of amides is 3. The molecule has 1 fully saturated rings. The predicted octanol–water partition coefficient (Wildman–Crippen LogP) is 4.16. The van der Waals surface area contributed by atoms with Crippen LogP contribution in [0.4, 0.5) is 4.79 Å². The highest BCUT2D eigenvalue weighted by Gasteiger charge is 2.45. The number of likely N-dealkylation sites (tertiary alicyclic amines) is 1. The number of hydrogen-bond donors (Lipinski definition) is 2. The second-order valence-electron chi connectivity index (χ2n) is 11.6. The van der Waals surface area contributed by atoms with Crippen LogP contribution in [0.25, 0.3) is 5.69 Å². The smallest absolute Gasteiger partial charge is 0.408 e. The molecule has 1 unspecified atom stereocenters. The molecule has 11 heteroatoms. The van der Waals surface area contributed by atoms with Crippen LogP contribution in [0.5, 0.6) is 0 Å². The van der Waals surface area contributed by atoms with Gasteiger partial charge in [-0.3, -0.25) is 14.4 Å². The van der Waals surface area contributed by atoms with Crippen molar-refractivity contribution >= 4 is 23.7 Å². The van der Waals surface area contributed by atoms with Crippen LogP contribution in [0.1, 0.15) is 74.7 Å². The lowest BCUT2D eigenvalue weighted by Gasteiger charge is -2.26. The highest BCUT2D eigenvalue weighted by atomic mass is 16.6. The van der Waals surface area contributed by atoms with E-state index in [0.717, 1.165) is 17.7 Å². The first-order valence-corrected chi connectivity index (χ1v) is 14.7. The van der Waals surface area contributed by atoms with Crippen molar-refractivity contribution in [2.24, 2.45) is 5.41 Å². The van der Waals surface area contributed by atoms with Gasteiger partial charge in [-0.25, -0.2) is 4.79 Å². The lowest BCUT2D eigenvalue weighted by molar-refractivity contribution is -0.139. The van der Waals surface area contributed by atoms with E-state index in [-0.39, 0.29) is 24.2 Å². The molecule has 228 valence electrons. The number of para-hydroxylation sites is 1. The lowest BCUT2D eigenvalue weighted by Crippen LogP contribution is -2.49. The maximum atomic E-state index is 13.4. The van der Waals surface area contributed by atoms with Crippen LogP contribution in [0, 0.1) is 12.3 Å². The molecule has 3 aromatic rings. The fourth-order valence-corrected chi connectivity index (χ4v) is 5.09. The summed E-state index contributed by atoms with van der Waals surface area (Å²) < 4.78 is 5.77. The van der Waals surface area contributed by atoms with Crippen molar-refractivity contribution in [3.63, 3.8) is 0 Å². The zero-order valence-electron chi connectivity index (χ0n) is 25.4. The molecule has 3 atom stereocenters. The van der Waals surface area contributed by atoms with Crippen LogP contribution in [-0.2, 0) is 14.3 Å². The Bertz CT molecular complexity index is 1440. The highest BCUT2D eigenvalue weighted by molar-refractivity contribution is 6.38. The van der Waals surface area contributed by atoms with Crippen molar-refractivity contribution in [3.8, 4) is 5.69 Å². The Kier molecular flexibility index (Phi) is 9.95. The molecular formula is C32H40N6O5. The van der Waals surface area contributed by atoms with Crippen molar-refractivity contribution < 1.29 is 23.9 Å². The molecule has 0 saturated carbocycles. The van der Waals surface area contributed by atoms with E-state index in [9.17, 15) is 19.2 Å². The van der Waals surface area contributed by atoms with Gasteiger partial charge >= 0.3 is 6.09 Å². The monoisotopic (exact) mass is 588 g/mol. The number of nitrogens with one attached hydrogen (secondary N) is 2. The fourth-order valence-electron chi connectivity index (χ4n) is 5.09. The Hall–Kier alpha value is -4.54. The SMILES string of the molecule is CCCC[C@H](NC(=O)O[C@@H]1CN(C(=O)c2nn(-c3ccccc3)nc2C)CC1(C)C)C(=O)C(=O)NC(C)c1ccccc1. The largest absolute Gasteiger partial charge is 0.444 e. The molecule has 0 bridgehead atoms. The van der Waals surface area contributed by atoms with E-state index in [4.69, 9.17) is 4.74 Å². The van der Waals surface area contributed by atoms with Crippen molar-refractivity contribution in [1.82, 2.24) is 30.5 Å². The number of rotatable bonds is 11. The zero-order valence-corrected chi connectivity index (χ0v) is 25.4. The second-order valence-corrected chi connectivity index (χ2v) is 11.6. The standard InChI is InChI=1S/C32H40N6O5/c1-6-7-18-25(28(39)29(40)33-21(2)23-14-10-8-11-15-23)34-31(42)43-26-19-37(20-32(26,4)5)30(41)27-22(3)35-38(36-27)24-16-12-9-13-17-24/h8-17,21,25-26H,6-7,18-20H2,1-5H3,(H,33,40)(H,34,42)/t21?,25-,26+/m0/s1. The summed E-state index contributed by atoms with van der Waals surface area (Å²) in [7, 11) is 0. The third-order valence-electron chi connectivity index (χ3n) is 7.69. The first-order valence-electron chi connectivity index (χ1n) is 14.7. The Balaban J connectivity index is 1.39. The Labute approximate surface area is 252 Å². The van der Waals surface area contributed by atoms with E-state index < -0.39 is 35.3 Å². The summed E-state index contributed by atoms with van der Waals surface area (Å²) in [6.45, 7) is 9.78. The van der Waals surface area contributed by atoms with E-state index in [1.165, 1.54) is 4.80 Å². The van der Waals surface area contributed by atoms with Crippen molar-refractivity contribution in [1.29, 1.82) is 0 Å². The van der Waals surface area contributed by atoms with Gasteiger partial charge in [-0.2, -0.15) is 9.90 Å². The number of carbonyl (C=O) groups is 4. The van der Waals surface area contributed by atoms with Crippen molar-refractivity contribution in [2.45, 2.75) is 72.1 Å². The number of nitrogens with zero attached hydrogens (tertiary/aromatic N) is 4. The molecule has 2 N–H and O–H groups in total. The van der Waals surface area contributed by atoms with Crippen molar-refractivity contribution in [3.05, 3.63) is 77.6 Å². The minimum absolute atomic E-state index is 0.152. The van der Waals surface area contributed by atoms with Crippen LogP contribution < -0.4 is 10.6 Å². The molecule has 0 spiro atoms. The Morgan fingerprint density at radius 3 is 2.30 bits per heavy atom. The number of ketones is 1. The third kappa shape index (κ3) is 7.65. The molecular weight excluding hydrogens is 548 g/mol. The van der Waals surface area contributed by atoms with Gasteiger partial charge in [-0.1, -0.05) is 82.1 Å².